The number of hydrogen-bond acceptors (Lipinski definition) is 3. The zero-order valence-corrected chi connectivity index (χ0v) is 13.2. The van der Waals surface area contributed by atoms with E-state index < -0.39 is 0 Å². The predicted molar refractivity (Wildman–Crippen MR) is 84.3 cm³/mol. The number of carbonyl (C=O) groups excluding carboxylic acids is 1. The number of hydrogen-bond donors (Lipinski definition) is 1. The minimum atomic E-state index is -0.144. The van der Waals surface area contributed by atoms with Gasteiger partial charge in [-0.25, -0.2) is 0 Å². The molecule has 21 heavy (non-hydrogen) atoms. The van der Waals surface area contributed by atoms with E-state index in [-0.39, 0.29) is 5.91 Å². The minimum Gasteiger partial charge on any atom is -0.395 e. The van der Waals surface area contributed by atoms with Crippen LogP contribution in [-0.2, 0) is 13.1 Å². The van der Waals surface area contributed by atoms with Gasteiger partial charge in [0.25, 0.3) is 5.91 Å². The number of aromatic nitrogens is 2. The summed E-state index contributed by atoms with van der Waals surface area (Å²) >= 11 is 5.96. The molecule has 1 amide bonds. The molecule has 0 saturated carbocycles. The van der Waals surface area contributed by atoms with Gasteiger partial charge in [-0.1, -0.05) is 23.7 Å². The van der Waals surface area contributed by atoms with Crippen LogP contribution in [0, 0.1) is 6.92 Å². The monoisotopic (exact) mass is 306 g/mol. The molecule has 1 heterocycles. The first kappa shape index (κ1) is 15.4. The van der Waals surface area contributed by atoms with Crippen molar-refractivity contribution >= 4 is 23.2 Å². The molecule has 0 fully saturated rings. The highest BCUT2D eigenvalue weighted by Crippen LogP contribution is 2.19. The molecule has 6 heteroatoms. The Morgan fingerprint density at radius 1 is 1.48 bits per heavy atom. The van der Waals surface area contributed by atoms with Crippen LogP contribution in [0.4, 0.5) is 5.69 Å². The van der Waals surface area contributed by atoms with E-state index in [0.717, 1.165) is 5.56 Å². The van der Waals surface area contributed by atoms with Crippen LogP contribution in [0.15, 0.2) is 24.3 Å². The van der Waals surface area contributed by atoms with Crippen LogP contribution in [0.5, 0.6) is 0 Å². The summed E-state index contributed by atoms with van der Waals surface area (Å²) in [6.07, 6.45) is 0. The lowest BCUT2D eigenvalue weighted by Crippen LogP contribution is -2.29. The second-order valence-corrected chi connectivity index (χ2v) is 5.39. The molecular formula is C15H19ClN4O. The number of rotatable bonds is 4. The number of halogens is 1. The molecule has 0 aliphatic heterocycles. The van der Waals surface area contributed by atoms with Crippen LogP contribution in [0.25, 0.3) is 0 Å². The van der Waals surface area contributed by atoms with Gasteiger partial charge in [0.1, 0.15) is 5.69 Å². The zero-order valence-electron chi connectivity index (χ0n) is 12.4. The zero-order chi connectivity index (χ0) is 15.6. The molecule has 1 aromatic carbocycles. The molecule has 2 N–H and O–H groups in total. The Hall–Kier alpha value is -2.01. The van der Waals surface area contributed by atoms with Crippen LogP contribution in [0.1, 0.15) is 28.7 Å². The summed E-state index contributed by atoms with van der Waals surface area (Å²) in [5, 5.41) is 4.93. The van der Waals surface area contributed by atoms with Gasteiger partial charge in [0.2, 0.25) is 0 Å². The van der Waals surface area contributed by atoms with Crippen molar-refractivity contribution in [3.05, 3.63) is 46.2 Å². The Kier molecular flexibility index (Phi) is 4.53. The van der Waals surface area contributed by atoms with Gasteiger partial charge in [-0.15, -0.1) is 0 Å². The standard InChI is InChI=1S/C15H19ClN4O/c1-4-20-14(13(17)10(2)18-20)15(21)19(3)9-11-6-5-7-12(16)8-11/h5-8H,4,9,17H2,1-3H3. The Morgan fingerprint density at radius 3 is 2.81 bits per heavy atom. The van der Waals surface area contributed by atoms with Gasteiger partial charge in [-0.3, -0.25) is 9.48 Å². The number of amides is 1. The van der Waals surface area contributed by atoms with Crippen molar-refractivity contribution in [3.63, 3.8) is 0 Å². The molecule has 1 aromatic heterocycles. The van der Waals surface area contributed by atoms with Crippen molar-refractivity contribution < 1.29 is 4.79 Å². The lowest BCUT2D eigenvalue weighted by Gasteiger charge is -2.18. The molecule has 5 nitrogen and oxygen atoms in total. The summed E-state index contributed by atoms with van der Waals surface area (Å²) in [4.78, 5) is 14.2. The fraction of sp³-hybridized carbons (Fsp3) is 0.333. The van der Waals surface area contributed by atoms with E-state index in [1.807, 2.05) is 25.1 Å². The highest BCUT2D eigenvalue weighted by atomic mass is 35.5. The smallest absolute Gasteiger partial charge is 0.274 e. The predicted octanol–water partition coefficient (Wildman–Crippen LogP) is 2.72. The topological polar surface area (TPSA) is 64.2 Å². The fourth-order valence-corrected chi connectivity index (χ4v) is 2.42. The van der Waals surface area contributed by atoms with E-state index in [2.05, 4.69) is 5.10 Å². The summed E-state index contributed by atoms with van der Waals surface area (Å²) < 4.78 is 1.64. The van der Waals surface area contributed by atoms with Crippen molar-refractivity contribution in [3.8, 4) is 0 Å². The summed E-state index contributed by atoms with van der Waals surface area (Å²) in [7, 11) is 1.74. The third-order valence-corrected chi connectivity index (χ3v) is 3.57. The number of anilines is 1. The molecule has 112 valence electrons. The number of aryl methyl sites for hydroxylation is 2. The summed E-state index contributed by atoms with van der Waals surface area (Å²) in [5.41, 5.74) is 8.52. The van der Waals surface area contributed by atoms with Crippen molar-refractivity contribution in [1.82, 2.24) is 14.7 Å². The lowest BCUT2D eigenvalue weighted by molar-refractivity contribution is 0.0774. The van der Waals surface area contributed by atoms with E-state index in [0.29, 0.717) is 35.2 Å². The Bertz CT molecular complexity index is 666. The van der Waals surface area contributed by atoms with Crippen LogP contribution in [0.2, 0.25) is 5.02 Å². The molecular weight excluding hydrogens is 288 g/mol. The molecule has 0 spiro atoms. The summed E-state index contributed by atoms with van der Waals surface area (Å²) in [6.45, 7) is 4.80. The molecule has 0 radical (unpaired) electrons. The van der Waals surface area contributed by atoms with Gasteiger partial charge < -0.3 is 10.6 Å². The average Bonchev–Trinajstić information content (AvgIpc) is 2.73. The van der Waals surface area contributed by atoms with Gasteiger partial charge in [-0.05, 0) is 31.5 Å². The van der Waals surface area contributed by atoms with Crippen molar-refractivity contribution in [2.24, 2.45) is 0 Å². The maximum Gasteiger partial charge on any atom is 0.274 e. The Labute approximate surface area is 129 Å². The number of nitrogens with two attached hydrogens (primary N) is 1. The molecule has 0 aliphatic rings. The summed E-state index contributed by atoms with van der Waals surface area (Å²) in [6, 6.07) is 7.45. The SMILES string of the molecule is CCn1nc(C)c(N)c1C(=O)N(C)Cc1cccc(Cl)c1. The molecule has 0 atom stereocenters. The molecule has 0 saturated heterocycles. The van der Waals surface area contributed by atoms with Crippen LogP contribution < -0.4 is 5.73 Å². The molecule has 0 aliphatic carbocycles. The molecule has 2 rings (SSSR count). The van der Waals surface area contributed by atoms with Crippen molar-refractivity contribution in [1.29, 1.82) is 0 Å². The minimum absolute atomic E-state index is 0.144. The Balaban J connectivity index is 2.24. The van der Waals surface area contributed by atoms with Gasteiger partial charge in [0.15, 0.2) is 0 Å². The highest BCUT2D eigenvalue weighted by Gasteiger charge is 2.22. The second kappa shape index (κ2) is 6.18. The van der Waals surface area contributed by atoms with Gasteiger partial charge >= 0.3 is 0 Å². The number of carbonyl (C=O) groups is 1. The third-order valence-electron chi connectivity index (χ3n) is 3.33. The van der Waals surface area contributed by atoms with Crippen molar-refractivity contribution in [2.45, 2.75) is 26.9 Å². The first-order valence-electron chi connectivity index (χ1n) is 6.76. The second-order valence-electron chi connectivity index (χ2n) is 4.95. The first-order chi connectivity index (χ1) is 9.93. The van der Waals surface area contributed by atoms with Crippen LogP contribution in [-0.4, -0.2) is 27.6 Å². The molecule has 0 bridgehead atoms. The molecule has 0 unspecified atom stereocenters. The van der Waals surface area contributed by atoms with Crippen LogP contribution >= 0.6 is 11.6 Å². The van der Waals surface area contributed by atoms with E-state index in [4.69, 9.17) is 17.3 Å². The number of benzene rings is 1. The average molecular weight is 307 g/mol. The van der Waals surface area contributed by atoms with Crippen LogP contribution in [0.3, 0.4) is 0 Å². The normalized spacial score (nSPS) is 10.7. The van der Waals surface area contributed by atoms with Gasteiger partial charge in [0.05, 0.1) is 11.4 Å². The van der Waals surface area contributed by atoms with Gasteiger partial charge in [-0.2, -0.15) is 5.10 Å². The maximum absolute atomic E-state index is 12.6. The molecule has 2 aromatic rings. The van der Waals surface area contributed by atoms with E-state index in [9.17, 15) is 4.79 Å². The van der Waals surface area contributed by atoms with Gasteiger partial charge in [0, 0.05) is 25.2 Å². The third kappa shape index (κ3) is 3.19. The largest absolute Gasteiger partial charge is 0.395 e. The quantitative estimate of drug-likeness (QED) is 0.944. The first-order valence-corrected chi connectivity index (χ1v) is 7.14. The summed E-state index contributed by atoms with van der Waals surface area (Å²) in [5.74, 6) is -0.144. The van der Waals surface area contributed by atoms with E-state index >= 15 is 0 Å². The lowest BCUT2D eigenvalue weighted by atomic mass is 10.2. The fourth-order valence-electron chi connectivity index (χ4n) is 2.21. The highest BCUT2D eigenvalue weighted by molar-refractivity contribution is 6.30. The van der Waals surface area contributed by atoms with E-state index in [1.54, 1.807) is 29.6 Å². The number of nitrogen functional groups attached to an aromatic ring is 1. The number of nitrogens with zero attached hydrogens (tertiary/aromatic N) is 3. The Morgan fingerprint density at radius 2 is 2.19 bits per heavy atom. The van der Waals surface area contributed by atoms with Crippen molar-refractivity contribution in [2.75, 3.05) is 12.8 Å². The maximum atomic E-state index is 12.6. The van der Waals surface area contributed by atoms with E-state index in [1.165, 1.54) is 0 Å².